The molecule has 0 aliphatic carbocycles. The summed E-state index contributed by atoms with van der Waals surface area (Å²) in [5, 5.41) is 0.767. The first kappa shape index (κ1) is 11.3. The summed E-state index contributed by atoms with van der Waals surface area (Å²) in [5.74, 6) is 0. The van der Waals surface area contributed by atoms with Crippen LogP contribution in [0.3, 0.4) is 0 Å². The van der Waals surface area contributed by atoms with Gasteiger partial charge in [0.25, 0.3) is 0 Å². The average molecular weight is 253 g/mol. The van der Waals surface area contributed by atoms with E-state index in [9.17, 15) is 0 Å². The number of nitrogens with two attached hydrogens (primary N) is 1. The smallest absolute Gasteiger partial charge is 0.0707 e. The summed E-state index contributed by atoms with van der Waals surface area (Å²) < 4.78 is 5.82. The van der Waals surface area contributed by atoms with Gasteiger partial charge in [-0.2, -0.15) is 0 Å². The van der Waals surface area contributed by atoms with Gasteiger partial charge in [-0.15, -0.1) is 0 Å². The van der Waals surface area contributed by atoms with Crippen molar-refractivity contribution >= 4 is 17.3 Å². The Morgan fingerprint density at radius 2 is 2.00 bits per heavy atom. The largest absolute Gasteiger partial charge is 0.398 e. The number of hydrogen-bond donors (Lipinski definition) is 1. The minimum absolute atomic E-state index is 0.414. The van der Waals surface area contributed by atoms with Crippen molar-refractivity contribution in [2.75, 3.05) is 18.8 Å². The Morgan fingerprint density at radius 1 is 1.29 bits per heavy atom. The van der Waals surface area contributed by atoms with Crippen LogP contribution in [0.1, 0.15) is 18.4 Å². The number of hydrogen-bond acceptors (Lipinski definition) is 3. The van der Waals surface area contributed by atoms with E-state index in [1.54, 1.807) is 0 Å². The Balaban J connectivity index is 1.74. The van der Waals surface area contributed by atoms with Crippen LogP contribution in [-0.2, 0) is 11.3 Å². The molecule has 2 heterocycles. The van der Waals surface area contributed by atoms with Gasteiger partial charge in [0.05, 0.1) is 12.2 Å². The predicted molar refractivity (Wildman–Crippen MR) is 69.0 cm³/mol. The molecule has 0 aromatic heterocycles. The number of fused-ring (bicyclic) bond motifs is 2. The lowest BCUT2D eigenvalue weighted by atomic mass is 10.1. The van der Waals surface area contributed by atoms with Gasteiger partial charge in [0, 0.05) is 35.9 Å². The summed E-state index contributed by atoms with van der Waals surface area (Å²) in [6.45, 7) is 2.84. The maximum absolute atomic E-state index is 6.20. The topological polar surface area (TPSA) is 38.5 Å². The second-order valence-corrected chi connectivity index (χ2v) is 5.37. The average Bonchev–Trinajstić information content (AvgIpc) is 2.64. The highest BCUT2D eigenvalue weighted by molar-refractivity contribution is 6.31. The third kappa shape index (κ3) is 2.28. The van der Waals surface area contributed by atoms with Crippen LogP contribution in [0.15, 0.2) is 18.2 Å². The number of halogens is 1. The summed E-state index contributed by atoms with van der Waals surface area (Å²) in [4.78, 5) is 2.41. The van der Waals surface area contributed by atoms with Gasteiger partial charge in [0.2, 0.25) is 0 Å². The molecule has 3 nitrogen and oxygen atoms in total. The van der Waals surface area contributed by atoms with Crippen molar-refractivity contribution in [2.24, 2.45) is 0 Å². The van der Waals surface area contributed by atoms with Crippen molar-refractivity contribution in [3.05, 3.63) is 28.8 Å². The van der Waals surface area contributed by atoms with Crippen molar-refractivity contribution in [1.82, 2.24) is 4.90 Å². The van der Waals surface area contributed by atoms with Gasteiger partial charge in [0.1, 0.15) is 0 Å². The van der Waals surface area contributed by atoms with Gasteiger partial charge < -0.3 is 10.5 Å². The van der Waals surface area contributed by atoms with Crippen LogP contribution < -0.4 is 5.73 Å². The molecule has 92 valence electrons. The standard InChI is InChI=1S/C13H17ClN2O/c14-12-2-1-3-13(15)11(12)8-16-6-9-4-5-10(7-16)17-9/h1-3,9-10H,4-8,15H2. The fraction of sp³-hybridized carbons (Fsp3) is 0.538. The van der Waals surface area contributed by atoms with Gasteiger partial charge in [-0.05, 0) is 25.0 Å². The Kier molecular flexibility index (Phi) is 2.99. The molecular weight excluding hydrogens is 236 g/mol. The zero-order chi connectivity index (χ0) is 11.8. The van der Waals surface area contributed by atoms with Gasteiger partial charge in [-0.1, -0.05) is 17.7 Å². The van der Waals surface area contributed by atoms with E-state index in [2.05, 4.69) is 4.90 Å². The minimum Gasteiger partial charge on any atom is -0.398 e. The molecule has 2 saturated heterocycles. The highest BCUT2D eigenvalue weighted by Crippen LogP contribution is 2.29. The number of benzene rings is 1. The van der Waals surface area contributed by atoms with Crippen LogP contribution >= 0.6 is 11.6 Å². The van der Waals surface area contributed by atoms with E-state index in [1.807, 2.05) is 18.2 Å². The normalized spacial score (nSPS) is 28.5. The molecule has 2 aliphatic heterocycles. The summed E-state index contributed by atoms with van der Waals surface area (Å²) in [6.07, 6.45) is 3.22. The summed E-state index contributed by atoms with van der Waals surface area (Å²) >= 11 is 6.20. The fourth-order valence-corrected chi connectivity index (χ4v) is 3.04. The van der Waals surface area contributed by atoms with Crippen molar-refractivity contribution in [3.8, 4) is 0 Å². The van der Waals surface area contributed by atoms with E-state index in [1.165, 1.54) is 12.8 Å². The Labute approximate surface area is 106 Å². The second-order valence-electron chi connectivity index (χ2n) is 4.96. The maximum atomic E-state index is 6.20. The van der Waals surface area contributed by atoms with E-state index in [0.717, 1.165) is 35.9 Å². The number of ether oxygens (including phenoxy) is 1. The van der Waals surface area contributed by atoms with Gasteiger partial charge >= 0.3 is 0 Å². The molecule has 2 atom stereocenters. The molecule has 0 radical (unpaired) electrons. The van der Waals surface area contributed by atoms with Crippen LogP contribution in [0.5, 0.6) is 0 Å². The molecule has 3 rings (SSSR count). The van der Waals surface area contributed by atoms with Gasteiger partial charge in [-0.3, -0.25) is 4.90 Å². The first-order valence-corrected chi connectivity index (χ1v) is 6.51. The molecule has 0 amide bonds. The Hall–Kier alpha value is -0.770. The van der Waals surface area contributed by atoms with Crippen LogP contribution in [0.2, 0.25) is 5.02 Å². The summed E-state index contributed by atoms with van der Waals surface area (Å²) in [7, 11) is 0. The monoisotopic (exact) mass is 252 g/mol. The van der Waals surface area contributed by atoms with Crippen molar-refractivity contribution in [3.63, 3.8) is 0 Å². The third-order valence-electron chi connectivity index (χ3n) is 3.66. The molecule has 2 bridgehead atoms. The van der Waals surface area contributed by atoms with E-state index in [0.29, 0.717) is 12.2 Å². The molecule has 17 heavy (non-hydrogen) atoms. The molecule has 0 saturated carbocycles. The molecule has 1 aromatic rings. The Morgan fingerprint density at radius 3 is 2.65 bits per heavy atom. The summed E-state index contributed by atoms with van der Waals surface area (Å²) in [5.41, 5.74) is 7.82. The van der Waals surface area contributed by atoms with E-state index < -0.39 is 0 Å². The first-order valence-electron chi connectivity index (χ1n) is 6.13. The third-order valence-corrected chi connectivity index (χ3v) is 4.01. The highest BCUT2D eigenvalue weighted by atomic mass is 35.5. The number of rotatable bonds is 2. The molecule has 2 aliphatic rings. The minimum atomic E-state index is 0.414. The first-order chi connectivity index (χ1) is 8.22. The van der Waals surface area contributed by atoms with E-state index in [4.69, 9.17) is 22.1 Å². The number of nitrogen functional groups attached to an aromatic ring is 1. The second kappa shape index (κ2) is 4.48. The van der Waals surface area contributed by atoms with Crippen molar-refractivity contribution in [2.45, 2.75) is 31.6 Å². The van der Waals surface area contributed by atoms with Crippen molar-refractivity contribution < 1.29 is 4.74 Å². The number of anilines is 1. The molecular formula is C13H17ClN2O. The number of likely N-dealkylation sites (tertiary alicyclic amines) is 1. The van der Waals surface area contributed by atoms with Crippen LogP contribution in [0.4, 0.5) is 5.69 Å². The number of morpholine rings is 1. The molecule has 2 fully saturated rings. The van der Waals surface area contributed by atoms with Crippen molar-refractivity contribution in [1.29, 1.82) is 0 Å². The quantitative estimate of drug-likeness (QED) is 0.821. The van der Waals surface area contributed by atoms with Gasteiger partial charge in [0.15, 0.2) is 0 Å². The number of nitrogens with zero attached hydrogens (tertiary/aromatic N) is 1. The zero-order valence-electron chi connectivity index (χ0n) is 9.73. The van der Waals surface area contributed by atoms with Crippen LogP contribution in [-0.4, -0.2) is 30.2 Å². The zero-order valence-corrected chi connectivity index (χ0v) is 10.5. The lowest BCUT2D eigenvalue weighted by Crippen LogP contribution is -2.42. The maximum Gasteiger partial charge on any atom is 0.0707 e. The highest BCUT2D eigenvalue weighted by Gasteiger charge is 2.33. The lowest BCUT2D eigenvalue weighted by Gasteiger charge is -2.32. The van der Waals surface area contributed by atoms with E-state index >= 15 is 0 Å². The molecule has 1 aromatic carbocycles. The van der Waals surface area contributed by atoms with E-state index in [-0.39, 0.29) is 0 Å². The fourth-order valence-electron chi connectivity index (χ4n) is 2.79. The molecule has 0 spiro atoms. The van der Waals surface area contributed by atoms with Crippen LogP contribution in [0, 0.1) is 0 Å². The molecule has 4 heteroatoms. The molecule has 2 unspecified atom stereocenters. The van der Waals surface area contributed by atoms with Crippen LogP contribution in [0.25, 0.3) is 0 Å². The summed E-state index contributed by atoms with van der Waals surface area (Å²) in [6, 6.07) is 5.71. The Bertz CT molecular complexity index is 392. The molecule has 2 N–H and O–H groups in total. The predicted octanol–water partition coefficient (Wildman–Crippen LogP) is 2.29. The lowest BCUT2D eigenvalue weighted by molar-refractivity contribution is -0.0409. The van der Waals surface area contributed by atoms with Gasteiger partial charge in [-0.25, -0.2) is 0 Å². The SMILES string of the molecule is Nc1cccc(Cl)c1CN1CC2CCC(C1)O2.